The number of hydrogen-bond donors (Lipinski definition) is 2. The van der Waals surface area contributed by atoms with E-state index in [0.29, 0.717) is 16.1 Å². The van der Waals surface area contributed by atoms with Gasteiger partial charge < -0.3 is 14.8 Å². The van der Waals surface area contributed by atoms with Crippen molar-refractivity contribution in [1.82, 2.24) is 10.3 Å². The summed E-state index contributed by atoms with van der Waals surface area (Å²) in [6.45, 7) is 3.55. The van der Waals surface area contributed by atoms with Gasteiger partial charge in [-0.05, 0) is 61.2 Å². The van der Waals surface area contributed by atoms with Crippen LogP contribution >= 0.6 is 11.3 Å². The summed E-state index contributed by atoms with van der Waals surface area (Å²) < 4.78 is 118. The number of hydrogen-bond acceptors (Lipinski definition) is 7. The van der Waals surface area contributed by atoms with Gasteiger partial charge in [0.25, 0.3) is 15.9 Å². The Morgan fingerprint density at radius 2 is 1.72 bits per heavy atom. The average Bonchev–Trinajstić information content (AvgIpc) is 3.52. The second-order valence-electron chi connectivity index (χ2n) is 10.0. The summed E-state index contributed by atoms with van der Waals surface area (Å²) in [7, 11) is -4.42. The molecule has 1 aliphatic carbocycles. The molecule has 2 aromatic carbocycles. The van der Waals surface area contributed by atoms with E-state index in [2.05, 4.69) is 15.0 Å². The lowest BCUT2D eigenvalue weighted by Crippen LogP contribution is -2.35. The van der Waals surface area contributed by atoms with E-state index >= 15 is 0 Å². The fourth-order valence-corrected chi connectivity index (χ4v) is 6.70. The van der Waals surface area contributed by atoms with E-state index < -0.39 is 57.1 Å². The molecule has 0 fully saturated rings. The molecule has 1 amide bonds. The second-order valence-corrected chi connectivity index (χ2v) is 12.7. The number of halogens is 6. The molecule has 43 heavy (non-hydrogen) atoms. The zero-order chi connectivity index (χ0) is 31.7. The molecule has 1 atom stereocenters. The Morgan fingerprint density at radius 1 is 1.05 bits per heavy atom. The van der Waals surface area contributed by atoms with Crippen molar-refractivity contribution in [1.29, 1.82) is 0 Å². The quantitative estimate of drug-likeness (QED) is 0.249. The van der Waals surface area contributed by atoms with Crippen molar-refractivity contribution < 1.29 is 49.0 Å². The van der Waals surface area contributed by atoms with Crippen LogP contribution in [0.25, 0.3) is 0 Å². The number of benzene rings is 2. The molecule has 0 saturated carbocycles. The maximum Gasteiger partial charge on any atom is 0.422 e. The lowest BCUT2D eigenvalue weighted by Gasteiger charge is -2.16. The number of anilines is 1. The molecule has 1 aromatic heterocycles. The lowest BCUT2D eigenvalue weighted by molar-refractivity contribution is -0.153. The minimum absolute atomic E-state index is 0.00274. The van der Waals surface area contributed by atoms with Gasteiger partial charge in [-0.3, -0.25) is 9.52 Å². The fraction of sp³-hybridized carbons (Fsp3) is 0.407. The van der Waals surface area contributed by atoms with Crippen LogP contribution in [0, 0.1) is 0 Å². The van der Waals surface area contributed by atoms with E-state index in [9.17, 15) is 39.6 Å². The Balaban J connectivity index is 1.60. The Morgan fingerprint density at radius 3 is 2.30 bits per heavy atom. The van der Waals surface area contributed by atoms with Gasteiger partial charge in [0.05, 0.1) is 28.9 Å². The van der Waals surface area contributed by atoms with Gasteiger partial charge in [0.1, 0.15) is 21.4 Å². The number of fused-ring (bicyclic) bond motifs is 1. The summed E-state index contributed by atoms with van der Waals surface area (Å²) in [5.41, 5.74) is -0.250. The summed E-state index contributed by atoms with van der Waals surface area (Å²) >= 11 is 1.08. The number of nitrogens with one attached hydrogen (secondary N) is 2. The highest BCUT2D eigenvalue weighted by molar-refractivity contribution is 7.93. The smallest absolute Gasteiger partial charge is 0.422 e. The lowest BCUT2D eigenvalue weighted by atomic mass is 10.1. The molecule has 1 heterocycles. The van der Waals surface area contributed by atoms with Gasteiger partial charge in [-0.15, -0.1) is 11.3 Å². The molecule has 8 nitrogen and oxygen atoms in total. The molecule has 2 N–H and O–H groups in total. The summed E-state index contributed by atoms with van der Waals surface area (Å²) in [6, 6.07) is 4.22. The predicted octanol–water partition coefficient (Wildman–Crippen LogP) is 6.32. The molecule has 16 heteroatoms. The van der Waals surface area contributed by atoms with E-state index in [1.165, 1.54) is 18.3 Å². The van der Waals surface area contributed by atoms with Gasteiger partial charge in [-0.2, -0.15) is 26.3 Å². The molecule has 0 radical (unpaired) electrons. The van der Waals surface area contributed by atoms with Crippen molar-refractivity contribution in [3.05, 3.63) is 63.8 Å². The van der Waals surface area contributed by atoms with Gasteiger partial charge in [0.2, 0.25) is 0 Å². The number of nitrogens with zero attached hydrogens (tertiary/aromatic N) is 1. The molecule has 1 aliphatic rings. The molecule has 4 rings (SSSR count). The highest BCUT2D eigenvalue weighted by Crippen LogP contribution is 2.37. The molecule has 3 aromatic rings. The van der Waals surface area contributed by atoms with Gasteiger partial charge in [0.15, 0.2) is 6.61 Å². The number of thiazole rings is 1. The van der Waals surface area contributed by atoms with Crippen LogP contribution in [0.3, 0.4) is 0 Å². The summed E-state index contributed by atoms with van der Waals surface area (Å²) in [5, 5.41) is 3.51. The van der Waals surface area contributed by atoms with E-state index in [-0.39, 0.29) is 41.7 Å². The van der Waals surface area contributed by atoms with Crippen LogP contribution in [-0.2, 0) is 29.0 Å². The van der Waals surface area contributed by atoms with Gasteiger partial charge in [0, 0.05) is 12.0 Å². The highest BCUT2D eigenvalue weighted by atomic mass is 32.2. The third-order valence-corrected chi connectivity index (χ3v) is 9.05. The van der Waals surface area contributed by atoms with Crippen LogP contribution in [0.5, 0.6) is 11.5 Å². The van der Waals surface area contributed by atoms with Crippen molar-refractivity contribution in [2.75, 3.05) is 17.9 Å². The molecule has 0 spiro atoms. The van der Waals surface area contributed by atoms with Crippen molar-refractivity contribution in [3.8, 4) is 11.5 Å². The minimum Gasteiger partial charge on any atom is -0.493 e. The third kappa shape index (κ3) is 7.90. The first kappa shape index (κ1) is 32.4. The average molecular weight is 652 g/mol. The van der Waals surface area contributed by atoms with E-state index in [0.717, 1.165) is 29.5 Å². The summed E-state index contributed by atoms with van der Waals surface area (Å²) in [4.78, 5) is 16.7. The Kier molecular flexibility index (Phi) is 9.21. The molecule has 1 unspecified atom stereocenters. The number of alkyl halides is 6. The maximum absolute atomic E-state index is 13.3. The van der Waals surface area contributed by atoms with Crippen molar-refractivity contribution >= 4 is 32.3 Å². The van der Waals surface area contributed by atoms with E-state index in [1.807, 2.05) is 13.8 Å². The van der Waals surface area contributed by atoms with Gasteiger partial charge >= 0.3 is 12.4 Å². The zero-order valence-corrected chi connectivity index (χ0v) is 24.7. The number of ether oxygens (including phenoxy) is 2. The first-order valence-electron chi connectivity index (χ1n) is 13.0. The Bertz CT molecular complexity index is 1600. The van der Waals surface area contributed by atoms with Crippen LogP contribution in [-0.4, -0.2) is 44.7 Å². The SMILES string of the molecule is CCOc1cc(C(F)(F)F)ccc1C(=O)NC1Cc2cc(OCC(F)(F)F)c(S(=O)(=O)Nc3cnc(C(C)C)s3)cc2C1. The van der Waals surface area contributed by atoms with Gasteiger partial charge in [-0.25, -0.2) is 13.4 Å². The standard InChI is InChI=1S/C27H27F6N3O5S2/c1-4-40-20-11-17(27(31,32)33)5-6-19(20)24(37)35-18-7-15-9-21(41-13-26(28,29)30)22(10-16(15)8-18)43(38,39)36-23-12-34-25(42-23)14(2)3/h5-6,9-12,14,18,36H,4,7-8,13H2,1-3H3,(H,35,37). The van der Waals surface area contributed by atoms with Crippen LogP contribution in [0.2, 0.25) is 0 Å². The summed E-state index contributed by atoms with van der Waals surface area (Å²) in [6.07, 6.45) is -7.87. The molecule has 0 aliphatic heterocycles. The number of aromatic nitrogens is 1. The summed E-state index contributed by atoms with van der Waals surface area (Å²) in [5.74, 6) is -1.50. The Hall–Kier alpha value is -3.53. The van der Waals surface area contributed by atoms with Crippen LogP contribution in [0.4, 0.5) is 31.3 Å². The first-order chi connectivity index (χ1) is 20.0. The minimum atomic E-state index is -4.74. The molecular formula is C27H27F6N3O5S2. The number of rotatable bonds is 10. The third-order valence-electron chi connectivity index (χ3n) is 6.32. The van der Waals surface area contributed by atoms with Crippen LogP contribution in [0.1, 0.15) is 58.7 Å². The zero-order valence-electron chi connectivity index (χ0n) is 23.0. The normalized spacial score (nSPS) is 15.3. The van der Waals surface area contributed by atoms with E-state index in [1.54, 1.807) is 6.92 Å². The van der Waals surface area contributed by atoms with Gasteiger partial charge in [-0.1, -0.05) is 13.8 Å². The highest BCUT2D eigenvalue weighted by Gasteiger charge is 2.34. The maximum atomic E-state index is 13.3. The fourth-order valence-electron chi connectivity index (χ4n) is 4.43. The molecule has 234 valence electrons. The van der Waals surface area contributed by atoms with Crippen LogP contribution < -0.4 is 19.5 Å². The second kappa shape index (κ2) is 12.2. The molecule has 0 bridgehead atoms. The molecular weight excluding hydrogens is 624 g/mol. The Labute approximate surface area is 247 Å². The molecule has 0 saturated heterocycles. The largest absolute Gasteiger partial charge is 0.493 e. The number of carbonyl (C=O) groups excluding carboxylic acids is 1. The van der Waals surface area contributed by atoms with Crippen molar-refractivity contribution in [3.63, 3.8) is 0 Å². The van der Waals surface area contributed by atoms with Crippen LogP contribution in [0.15, 0.2) is 41.4 Å². The van der Waals surface area contributed by atoms with Crippen molar-refractivity contribution in [2.24, 2.45) is 0 Å². The number of sulfonamides is 1. The van der Waals surface area contributed by atoms with Crippen molar-refractivity contribution in [2.45, 2.75) is 62.8 Å². The predicted molar refractivity (Wildman–Crippen MR) is 146 cm³/mol. The number of carbonyl (C=O) groups is 1. The van der Waals surface area contributed by atoms with E-state index in [4.69, 9.17) is 9.47 Å². The topological polar surface area (TPSA) is 107 Å². The monoisotopic (exact) mass is 651 g/mol. The first-order valence-corrected chi connectivity index (χ1v) is 15.3. The number of amides is 1.